The number of aromatic nitrogens is 3. The third kappa shape index (κ3) is 4.51. The molecular weight excluding hydrogens is 420 g/mol. The van der Waals surface area contributed by atoms with Crippen LogP contribution in [0.25, 0.3) is 21.5 Å². The van der Waals surface area contributed by atoms with Crippen molar-refractivity contribution >= 4 is 45.3 Å². The number of para-hydroxylation sites is 1. The Bertz CT molecular complexity index is 1090. The average molecular weight is 441 g/mol. The molecule has 0 N–H and O–H groups in total. The number of hydrogen-bond acceptors (Lipinski definition) is 8. The van der Waals surface area contributed by atoms with Crippen molar-refractivity contribution in [3.8, 4) is 10.6 Å². The van der Waals surface area contributed by atoms with Crippen LogP contribution in [0.4, 0.5) is 0 Å². The fourth-order valence-electron chi connectivity index (χ4n) is 3.27. The molecule has 8 heteroatoms. The highest BCUT2D eigenvalue weighted by molar-refractivity contribution is 7.98. The van der Waals surface area contributed by atoms with Crippen LogP contribution in [-0.2, 0) is 17.0 Å². The number of hydrogen-bond donors (Lipinski definition) is 0. The van der Waals surface area contributed by atoms with E-state index in [9.17, 15) is 0 Å². The summed E-state index contributed by atoms with van der Waals surface area (Å²) in [6.45, 7) is 4.20. The Morgan fingerprint density at radius 1 is 1.03 bits per heavy atom. The number of nitrogens with zero attached hydrogens (tertiary/aromatic N) is 4. The van der Waals surface area contributed by atoms with E-state index in [4.69, 9.17) is 19.7 Å². The second-order valence-electron chi connectivity index (χ2n) is 6.80. The molecule has 0 atom stereocenters. The summed E-state index contributed by atoms with van der Waals surface area (Å²) in [5.41, 5.74) is 3.31. The van der Waals surface area contributed by atoms with Crippen molar-refractivity contribution in [3.05, 3.63) is 58.0 Å². The SMILES string of the molecule is c1ccc2c(SCc3csc(-c4ccsc4)n3)nc(CN3CCOCC3)nc2c1. The summed E-state index contributed by atoms with van der Waals surface area (Å²) in [6, 6.07) is 10.4. The molecule has 5 rings (SSSR count). The first-order valence-corrected chi connectivity index (χ1v) is 12.3. The number of thioether (sulfide) groups is 1. The molecule has 0 unspecified atom stereocenters. The van der Waals surface area contributed by atoms with Gasteiger partial charge < -0.3 is 4.74 Å². The van der Waals surface area contributed by atoms with Crippen LogP contribution in [0.5, 0.6) is 0 Å². The lowest BCUT2D eigenvalue weighted by Crippen LogP contribution is -2.36. The van der Waals surface area contributed by atoms with Gasteiger partial charge in [0, 0.05) is 40.6 Å². The number of ether oxygens (including phenoxy) is 1. The Morgan fingerprint density at radius 3 is 2.79 bits per heavy atom. The molecule has 4 aromatic rings. The molecule has 0 amide bonds. The van der Waals surface area contributed by atoms with Gasteiger partial charge in [0.15, 0.2) is 0 Å². The van der Waals surface area contributed by atoms with Gasteiger partial charge in [0.25, 0.3) is 0 Å². The molecule has 1 fully saturated rings. The number of thiophene rings is 1. The van der Waals surface area contributed by atoms with Crippen molar-refractivity contribution < 1.29 is 4.74 Å². The van der Waals surface area contributed by atoms with Crippen LogP contribution in [-0.4, -0.2) is 46.2 Å². The summed E-state index contributed by atoms with van der Waals surface area (Å²) in [4.78, 5) is 16.9. The fraction of sp³-hybridized carbons (Fsp3) is 0.286. The second kappa shape index (κ2) is 8.89. The molecule has 0 saturated carbocycles. The molecule has 1 aliphatic heterocycles. The number of fused-ring (bicyclic) bond motifs is 1. The van der Waals surface area contributed by atoms with Gasteiger partial charge in [-0.3, -0.25) is 4.90 Å². The smallest absolute Gasteiger partial charge is 0.144 e. The van der Waals surface area contributed by atoms with Crippen LogP contribution in [0.2, 0.25) is 0 Å². The normalized spacial score (nSPS) is 15.2. The quantitative estimate of drug-likeness (QED) is 0.313. The largest absolute Gasteiger partial charge is 0.379 e. The van der Waals surface area contributed by atoms with Crippen LogP contribution in [0.1, 0.15) is 11.5 Å². The monoisotopic (exact) mass is 440 g/mol. The Morgan fingerprint density at radius 2 is 1.93 bits per heavy atom. The molecule has 148 valence electrons. The van der Waals surface area contributed by atoms with E-state index >= 15 is 0 Å². The van der Waals surface area contributed by atoms with Gasteiger partial charge in [0.2, 0.25) is 0 Å². The van der Waals surface area contributed by atoms with Gasteiger partial charge >= 0.3 is 0 Å². The summed E-state index contributed by atoms with van der Waals surface area (Å²) >= 11 is 5.15. The van der Waals surface area contributed by atoms with E-state index in [0.717, 1.165) is 71.1 Å². The van der Waals surface area contributed by atoms with E-state index in [-0.39, 0.29) is 0 Å². The predicted octanol–water partition coefficient (Wildman–Crippen LogP) is 4.94. The lowest BCUT2D eigenvalue weighted by atomic mass is 10.2. The van der Waals surface area contributed by atoms with Gasteiger partial charge in [0.05, 0.1) is 31.0 Å². The van der Waals surface area contributed by atoms with Gasteiger partial charge in [-0.25, -0.2) is 15.0 Å². The van der Waals surface area contributed by atoms with Crippen LogP contribution in [0, 0.1) is 0 Å². The van der Waals surface area contributed by atoms with Crippen LogP contribution >= 0.6 is 34.4 Å². The maximum atomic E-state index is 5.46. The van der Waals surface area contributed by atoms with Crippen LogP contribution in [0.15, 0.2) is 51.5 Å². The minimum absolute atomic E-state index is 0.765. The topological polar surface area (TPSA) is 51.1 Å². The third-order valence-electron chi connectivity index (χ3n) is 4.76. The Kier molecular flexibility index (Phi) is 5.87. The van der Waals surface area contributed by atoms with Crippen molar-refractivity contribution in [1.82, 2.24) is 19.9 Å². The van der Waals surface area contributed by atoms with Crippen molar-refractivity contribution in [2.75, 3.05) is 26.3 Å². The molecule has 4 heterocycles. The van der Waals surface area contributed by atoms with Gasteiger partial charge in [0.1, 0.15) is 15.9 Å². The fourth-order valence-corrected chi connectivity index (χ4v) is 5.84. The summed E-state index contributed by atoms with van der Waals surface area (Å²) in [5, 5.41) is 9.61. The summed E-state index contributed by atoms with van der Waals surface area (Å²) in [7, 11) is 0. The maximum Gasteiger partial charge on any atom is 0.144 e. The van der Waals surface area contributed by atoms with Gasteiger partial charge in [-0.1, -0.05) is 30.0 Å². The molecule has 0 spiro atoms. The van der Waals surface area contributed by atoms with Gasteiger partial charge in [-0.15, -0.1) is 11.3 Å². The van der Waals surface area contributed by atoms with Gasteiger partial charge in [-0.05, 0) is 17.5 Å². The van der Waals surface area contributed by atoms with Crippen LogP contribution in [0.3, 0.4) is 0 Å². The zero-order valence-corrected chi connectivity index (χ0v) is 18.2. The first-order valence-electron chi connectivity index (χ1n) is 9.51. The number of morpholine rings is 1. The lowest BCUT2D eigenvalue weighted by molar-refractivity contribution is 0.0330. The molecule has 0 aliphatic carbocycles. The zero-order chi connectivity index (χ0) is 19.5. The van der Waals surface area contributed by atoms with E-state index in [1.165, 1.54) is 5.56 Å². The highest BCUT2D eigenvalue weighted by Crippen LogP contribution is 2.31. The molecular formula is C21H20N4OS3. The van der Waals surface area contributed by atoms with E-state index in [2.05, 4.69) is 45.3 Å². The van der Waals surface area contributed by atoms with E-state index < -0.39 is 0 Å². The first kappa shape index (κ1) is 19.1. The Hall–Kier alpha value is -1.84. The number of thiazole rings is 1. The zero-order valence-electron chi connectivity index (χ0n) is 15.8. The molecule has 29 heavy (non-hydrogen) atoms. The maximum absolute atomic E-state index is 5.46. The minimum atomic E-state index is 0.765. The van der Waals surface area contributed by atoms with E-state index in [1.807, 2.05) is 6.07 Å². The van der Waals surface area contributed by atoms with Crippen LogP contribution < -0.4 is 0 Å². The molecule has 0 radical (unpaired) electrons. The molecule has 0 bridgehead atoms. The molecule has 3 aromatic heterocycles. The third-order valence-corrected chi connectivity index (χ3v) is 7.41. The van der Waals surface area contributed by atoms with Crippen molar-refractivity contribution in [2.24, 2.45) is 0 Å². The molecule has 1 aromatic carbocycles. The average Bonchev–Trinajstić information content (AvgIpc) is 3.45. The Labute approximate surface area is 181 Å². The standard InChI is InChI=1S/C21H20N4OS3/c1-2-4-18-17(3-1)21(24-19(23-18)11-25-6-8-26-9-7-25)29-14-16-13-28-20(22-16)15-5-10-27-12-15/h1-5,10,12-13H,6-9,11,14H2. The van der Waals surface area contributed by atoms with Crippen molar-refractivity contribution in [3.63, 3.8) is 0 Å². The van der Waals surface area contributed by atoms with E-state index in [1.54, 1.807) is 34.4 Å². The van der Waals surface area contributed by atoms with Gasteiger partial charge in [-0.2, -0.15) is 11.3 Å². The van der Waals surface area contributed by atoms with E-state index in [0.29, 0.717) is 0 Å². The number of rotatable bonds is 6. The number of benzene rings is 1. The van der Waals surface area contributed by atoms with Crippen molar-refractivity contribution in [1.29, 1.82) is 0 Å². The molecule has 1 saturated heterocycles. The highest BCUT2D eigenvalue weighted by atomic mass is 32.2. The van der Waals surface area contributed by atoms with Crippen molar-refractivity contribution in [2.45, 2.75) is 17.3 Å². The lowest BCUT2D eigenvalue weighted by Gasteiger charge is -2.25. The molecule has 1 aliphatic rings. The second-order valence-corrected chi connectivity index (χ2v) is 9.40. The highest BCUT2D eigenvalue weighted by Gasteiger charge is 2.15. The summed E-state index contributed by atoms with van der Waals surface area (Å²) in [6.07, 6.45) is 0. The summed E-state index contributed by atoms with van der Waals surface area (Å²) < 4.78 is 5.46. The summed E-state index contributed by atoms with van der Waals surface area (Å²) in [5.74, 6) is 1.68. The minimum Gasteiger partial charge on any atom is -0.379 e. The molecule has 5 nitrogen and oxygen atoms in total. The first-order chi connectivity index (χ1) is 14.3. The Balaban J connectivity index is 1.36. The predicted molar refractivity (Wildman–Crippen MR) is 121 cm³/mol.